The third-order valence-corrected chi connectivity index (χ3v) is 5.71. The van der Waals surface area contributed by atoms with Crippen LogP contribution in [0.4, 0.5) is 0 Å². The van der Waals surface area contributed by atoms with Crippen molar-refractivity contribution >= 4 is 56.7 Å². The minimum Gasteiger partial charge on any atom is -0.456 e. The van der Waals surface area contributed by atoms with E-state index in [1.807, 2.05) is 0 Å². The summed E-state index contributed by atoms with van der Waals surface area (Å²) in [7, 11) is 0. The van der Waals surface area contributed by atoms with Gasteiger partial charge in [-0.15, -0.1) is 0 Å². The van der Waals surface area contributed by atoms with Gasteiger partial charge in [0.1, 0.15) is 11.2 Å². The molecular weight excluding hydrogens is 431 g/mol. The molecule has 5 aromatic rings. The van der Waals surface area contributed by atoms with Gasteiger partial charge in [0, 0.05) is 43.1 Å². The number of carbonyl (C=O) groups is 2. The highest BCUT2D eigenvalue weighted by Gasteiger charge is 2.16. The van der Waals surface area contributed by atoms with Crippen LogP contribution in [0.15, 0.2) is 89.3 Å². The Balaban J connectivity index is 1.58. The molecule has 5 rings (SSSR count). The number of rotatable bonds is 4. The summed E-state index contributed by atoms with van der Waals surface area (Å²) in [6, 6.07) is 24.2. The predicted molar refractivity (Wildman–Crippen MR) is 123 cm³/mol. The standard InChI is InChI=1S/C26H14Cl2O3/c27-19-7-1-15(2-8-19)25(29)17-5-11-23-21(13-17)22-14-18(6-12-24(22)31-23)26(30)16-3-9-20(28)10-4-16/h1-14H. The highest BCUT2D eigenvalue weighted by atomic mass is 35.5. The fourth-order valence-electron chi connectivity index (χ4n) is 3.60. The third kappa shape index (κ3) is 3.63. The van der Waals surface area contributed by atoms with Gasteiger partial charge in [0.2, 0.25) is 0 Å². The van der Waals surface area contributed by atoms with Crippen LogP contribution in [0.5, 0.6) is 0 Å². The van der Waals surface area contributed by atoms with Crippen molar-refractivity contribution in [2.75, 3.05) is 0 Å². The van der Waals surface area contributed by atoms with Crippen LogP contribution in [-0.4, -0.2) is 11.6 Å². The average molecular weight is 445 g/mol. The van der Waals surface area contributed by atoms with Gasteiger partial charge in [0.05, 0.1) is 0 Å². The maximum Gasteiger partial charge on any atom is 0.193 e. The summed E-state index contributed by atoms with van der Waals surface area (Å²) >= 11 is 11.9. The summed E-state index contributed by atoms with van der Waals surface area (Å²) in [6.07, 6.45) is 0. The van der Waals surface area contributed by atoms with Crippen molar-refractivity contribution in [1.82, 2.24) is 0 Å². The maximum atomic E-state index is 12.9. The molecule has 0 aliphatic carbocycles. The zero-order chi connectivity index (χ0) is 21.5. The largest absolute Gasteiger partial charge is 0.456 e. The van der Waals surface area contributed by atoms with E-state index in [2.05, 4.69) is 0 Å². The molecule has 5 heteroatoms. The van der Waals surface area contributed by atoms with E-state index in [0.29, 0.717) is 43.5 Å². The smallest absolute Gasteiger partial charge is 0.193 e. The number of carbonyl (C=O) groups excluding carboxylic acids is 2. The van der Waals surface area contributed by atoms with Crippen LogP contribution in [0.25, 0.3) is 21.9 Å². The lowest BCUT2D eigenvalue weighted by atomic mass is 9.99. The van der Waals surface area contributed by atoms with Gasteiger partial charge in [0.15, 0.2) is 11.6 Å². The first-order valence-electron chi connectivity index (χ1n) is 9.56. The number of ketones is 2. The monoisotopic (exact) mass is 444 g/mol. The van der Waals surface area contributed by atoms with E-state index >= 15 is 0 Å². The Labute approximate surface area is 187 Å². The molecule has 0 saturated carbocycles. The summed E-state index contributed by atoms with van der Waals surface area (Å²) in [6.45, 7) is 0. The Morgan fingerprint density at radius 1 is 0.516 bits per heavy atom. The molecule has 0 radical (unpaired) electrons. The van der Waals surface area contributed by atoms with Crippen molar-refractivity contribution in [3.05, 3.63) is 117 Å². The molecule has 0 aliphatic heterocycles. The molecular formula is C26H14Cl2O3. The van der Waals surface area contributed by atoms with E-state index in [-0.39, 0.29) is 11.6 Å². The molecule has 3 nitrogen and oxygen atoms in total. The van der Waals surface area contributed by atoms with Crippen LogP contribution in [0.3, 0.4) is 0 Å². The summed E-state index contributed by atoms with van der Waals surface area (Å²) in [5.74, 6) is -0.220. The van der Waals surface area contributed by atoms with E-state index in [1.165, 1.54) is 0 Å². The van der Waals surface area contributed by atoms with Gasteiger partial charge in [-0.2, -0.15) is 0 Å². The number of fused-ring (bicyclic) bond motifs is 3. The lowest BCUT2D eigenvalue weighted by molar-refractivity contribution is 0.103. The molecule has 0 saturated heterocycles. The van der Waals surface area contributed by atoms with Gasteiger partial charge in [-0.3, -0.25) is 9.59 Å². The minimum atomic E-state index is -0.110. The summed E-state index contributed by atoms with van der Waals surface area (Å²) < 4.78 is 5.91. The molecule has 150 valence electrons. The SMILES string of the molecule is O=C(c1ccc(Cl)cc1)c1ccc2oc3ccc(C(=O)c4ccc(Cl)cc4)cc3c2c1. The summed E-state index contributed by atoms with van der Waals surface area (Å²) in [5.41, 5.74) is 3.47. The minimum absolute atomic E-state index is 0.110. The van der Waals surface area contributed by atoms with Crippen LogP contribution in [0, 0.1) is 0 Å². The molecule has 0 atom stereocenters. The fraction of sp³-hybridized carbons (Fsp3) is 0. The first kappa shape index (κ1) is 19.6. The van der Waals surface area contributed by atoms with Crippen molar-refractivity contribution in [3.8, 4) is 0 Å². The van der Waals surface area contributed by atoms with E-state index in [4.69, 9.17) is 27.6 Å². The Morgan fingerprint density at radius 2 is 0.871 bits per heavy atom. The molecule has 0 spiro atoms. The van der Waals surface area contributed by atoms with Crippen LogP contribution >= 0.6 is 23.2 Å². The first-order valence-corrected chi connectivity index (χ1v) is 10.3. The number of furan rings is 1. The number of benzene rings is 4. The highest BCUT2D eigenvalue weighted by Crippen LogP contribution is 2.31. The lowest BCUT2D eigenvalue weighted by Crippen LogP contribution is -2.01. The van der Waals surface area contributed by atoms with Crippen LogP contribution < -0.4 is 0 Å². The second-order valence-corrected chi connectivity index (χ2v) is 8.07. The Bertz CT molecular complexity index is 1350. The Morgan fingerprint density at radius 3 is 1.26 bits per heavy atom. The first-order chi connectivity index (χ1) is 15.0. The van der Waals surface area contributed by atoms with Crippen LogP contribution in [0.2, 0.25) is 10.0 Å². The van der Waals surface area contributed by atoms with E-state index in [9.17, 15) is 9.59 Å². The normalized spacial score (nSPS) is 11.2. The van der Waals surface area contributed by atoms with Crippen molar-refractivity contribution in [1.29, 1.82) is 0 Å². The Hall–Kier alpha value is -3.40. The molecule has 0 N–H and O–H groups in total. The predicted octanol–water partition coefficient (Wildman–Crippen LogP) is 7.35. The number of halogens is 2. The van der Waals surface area contributed by atoms with Gasteiger partial charge in [-0.1, -0.05) is 23.2 Å². The van der Waals surface area contributed by atoms with Crippen molar-refractivity contribution in [3.63, 3.8) is 0 Å². The summed E-state index contributed by atoms with van der Waals surface area (Å²) in [4.78, 5) is 25.8. The van der Waals surface area contributed by atoms with E-state index < -0.39 is 0 Å². The van der Waals surface area contributed by atoms with Gasteiger partial charge < -0.3 is 4.42 Å². The molecule has 4 aromatic carbocycles. The quantitative estimate of drug-likeness (QED) is 0.272. The topological polar surface area (TPSA) is 47.3 Å². The number of hydrogen-bond donors (Lipinski definition) is 0. The van der Waals surface area contributed by atoms with Crippen molar-refractivity contribution < 1.29 is 14.0 Å². The highest BCUT2D eigenvalue weighted by molar-refractivity contribution is 6.31. The maximum absolute atomic E-state index is 12.9. The van der Waals surface area contributed by atoms with Gasteiger partial charge >= 0.3 is 0 Å². The average Bonchev–Trinajstić information content (AvgIpc) is 3.16. The van der Waals surface area contributed by atoms with Gasteiger partial charge in [0.25, 0.3) is 0 Å². The second-order valence-electron chi connectivity index (χ2n) is 7.20. The zero-order valence-corrected chi connectivity index (χ0v) is 17.6. The van der Waals surface area contributed by atoms with Crippen LogP contribution in [0.1, 0.15) is 31.8 Å². The van der Waals surface area contributed by atoms with Crippen molar-refractivity contribution in [2.24, 2.45) is 0 Å². The molecule has 0 bridgehead atoms. The molecule has 1 aromatic heterocycles. The fourth-order valence-corrected chi connectivity index (χ4v) is 3.85. The second kappa shape index (κ2) is 7.69. The number of hydrogen-bond acceptors (Lipinski definition) is 3. The Kier molecular flexibility index (Phi) is 4.85. The van der Waals surface area contributed by atoms with Crippen molar-refractivity contribution in [2.45, 2.75) is 0 Å². The molecule has 1 heterocycles. The molecule has 31 heavy (non-hydrogen) atoms. The summed E-state index contributed by atoms with van der Waals surface area (Å²) in [5, 5.41) is 2.71. The molecule has 0 unspecified atom stereocenters. The molecule has 0 amide bonds. The van der Waals surface area contributed by atoms with E-state index in [0.717, 1.165) is 10.8 Å². The molecule has 0 aliphatic rings. The molecule has 0 fully saturated rings. The zero-order valence-electron chi connectivity index (χ0n) is 16.1. The van der Waals surface area contributed by atoms with Gasteiger partial charge in [-0.05, 0) is 84.9 Å². The van der Waals surface area contributed by atoms with Gasteiger partial charge in [-0.25, -0.2) is 0 Å². The lowest BCUT2D eigenvalue weighted by Gasteiger charge is -2.03. The van der Waals surface area contributed by atoms with Crippen LogP contribution in [-0.2, 0) is 0 Å². The third-order valence-electron chi connectivity index (χ3n) is 5.21. The van der Waals surface area contributed by atoms with E-state index in [1.54, 1.807) is 84.9 Å².